The summed E-state index contributed by atoms with van der Waals surface area (Å²) in [5.74, 6) is 0. The highest BCUT2D eigenvalue weighted by Crippen LogP contribution is 2.37. The van der Waals surface area contributed by atoms with Gasteiger partial charge in [-0.05, 0) is 28.8 Å². The van der Waals surface area contributed by atoms with Gasteiger partial charge >= 0.3 is 0 Å². The molecule has 0 radical (unpaired) electrons. The molecule has 2 nitrogen and oxygen atoms in total. The first-order valence-corrected chi connectivity index (χ1v) is 6.01. The highest BCUT2D eigenvalue weighted by atomic mass is 16.3. The molecular formula is C16H13NO. The van der Waals surface area contributed by atoms with Crippen LogP contribution in [-0.2, 0) is 18.4 Å². The fourth-order valence-corrected chi connectivity index (χ4v) is 2.68. The van der Waals surface area contributed by atoms with Gasteiger partial charge in [0.05, 0.1) is 17.2 Å². The smallest absolute Gasteiger partial charge is 0.0991 e. The Morgan fingerprint density at radius 3 is 2.44 bits per heavy atom. The summed E-state index contributed by atoms with van der Waals surface area (Å²) in [7, 11) is 0. The molecule has 1 aliphatic rings. The second-order valence-corrected chi connectivity index (χ2v) is 4.85. The van der Waals surface area contributed by atoms with Crippen LogP contribution in [0.2, 0.25) is 0 Å². The molecule has 0 spiro atoms. The minimum atomic E-state index is -0.822. The van der Waals surface area contributed by atoms with Crippen molar-refractivity contribution in [1.29, 1.82) is 5.26 Å². The molecule has 2 aromatic rings. The molecule has 0 fully saturated rings. The quantitative estimate of drug-likeness (QED) is 0.825. The van der Waals surface area contributed by atoms with Crippen LogP contribution in [0.15, 0.2) is 48.5 Å². The minimum absolute atomic E-state index is 0.585. The van der Waals surface area contributed by atoms with Crippen molar-refractivity contribution >= 4 is 0 Å². The molecular weight excluding hydrogens is 222 g/mol. The molecule has 18 heavy (non-hydrogen) atoms. The number of benzene rings is 2. The van der Waals surface area contributed by atoms with Crippen LogP contribution in [0.5, 0.6) is 0 Å². The molecule has 3 rings (SSSR count). The molecule has 2 aromatic carbocycles. The molecule has 0 saturated carbocycles. The Morgan fingerprint density at radius 2 is 1.72 bits per heavy atom. The van der Waals surface area contributed by atoms with Crippen LogP contribution in [0.4, 0.5) is 0 Å². The fourth-order valence-electron chi connectivity index (χ4n) is 2.68. The lowest BCUT2D eigenvalue weighted by atomic mass is 9.91. The molecule has 1 unspecified atom stereocenters. The summed E-state index contributed by atoms with van der Waals surface area (Å²) < 4.78 is 0. The molecule has 0 amide bonds. The van der Waals surface area contributed by atoms with E-state index in [0.29, 0.717) is 18.4 Å². The maximum atomic E-state index is 10.8. The number of nitriles is 1. The third-order valence-corrected chi connectivity index (χ3v) is 3.61. The molecule has 0 aromatic heterocycles. The maximum absolute atomic E-state index is 10.8. The van der Waals surface area contributed by atoms with Crippen LogP contribution in [0, 0.1) is 11.3 Å². The van der Waals surface area contributed by atoms with Crippen molar-refractivity contribution in [3.8, 4) is 6.07 Å². The van der Waals surface area contributed by atoms with Crippen molar-refractivity contribution < 1.29 is 5.11 Å². The SMILES string of the molecule is N#Cc1ccc2c(c1)CC(O)(c1ccccc1)C2. The number of fused-ring (bicyclic) bond motifs is 1. The van der Waals surface area contributed by atoms with E-state index in [0.717, 1.165) is 16.7 Å². The van der Waals surface area contributed by atoms with Gasteiger partial charge < -0.3 is 5.11 Å². The van der Waals surface area contributed by atoms with Crippen molar-refractivity contribution in [2.75, 3.05) is 0 Å². The van der Waals surface area contributed by atoms with Crippen LogP contribution in [0.25, 0.3) is 0 Å². The van der Waals surface area contributed by atoms with Gasteiger partial charge in [-0.25, -0.2) is 0 Å². The minimum Gasteiger partial charge on any atom is -0.384 e. The summed E-state index contributed by atoms with van der Waals surface area (Å²) in [6.45, 7) is 0. The van der Waals surface area contributed by atoms with E-state index in [2.05, 4.69) is 6.07 Å². The van der Waals surface area contributed by atoms with Crippen molar-refractivity contribution in [3.05, 3.63) is 70.8 Å². The van der Waals surface area contributed by atoms with E-state index in [1.807, 2.05) is 48.5 Å². The molecule has 1 aliphatic carbocycles. The zero-order valence-corrected chi connectivity index (χ0v) is 9.93. The highest BCUT2D eigenvalue weighted by molar-refractivity contribution is 5.44. The first kappa shape index (κ1) is 11.0. The molecule has 1 N–H and O–H groups in total. The van der Waals surface area contributed by atoms with Crippen LogP contribution in [-0.4, -0.2) is 5.11 Å². The van der Waals surface area contributed by atoms with Gasteiger partial charge in [-0.3, -0.25) is 0 Å². The number of rotatable bonds is 1. The van der Waals surface area contributed by atoms with Crippen LogP contribution in [0.1, 0.15) is 22.3 Å². The molecule has 0 heterocycles. The Bertz CT molecular complexity index is 627. The van der Waals surface area contributed by atoms with Gasteiger partial charge in [0, 0.05) is 12.8 Å². The number of nitrogens with zero attached hydrogens (tertiary/aromatic N) is 1. The lowest BCUT2D eigenvalue weighted by molar-refractivity contribution is 0.0482. The average molecular weight is 235 g/mol. The Labute approximate surface area is 106 Å². The molecule has 1 atom stereocenters. The first-order valence-electron chi connectivity index (χ1n) is 6.01. The zero-order chi connectivity index (χ0) is 12.6. The van der Waals surface area contributed by atoms with Crippen molar-refractivity contribution in [3.63, 3.8) is 0 Å². The Hall–Kier alpha value is -2.11. The molecule has 0 bridgehead atoms. The van der Waals surface area contributed by atoms with E-state index in [1.54, 1.807) is 0 Å². The number of hydrogen-bond donors (Lipinski definition) is 1. The Kier molecular flexibility index (Phi) is 2.43. The van der Waals surface area contributed by atoms with Crippen LogP contribution < -0.4 is 0 Å². The maximum Gasteiger partial charge on any atom is 0.0991 e. The van der Waals surface area contributed by atoms with Crippen molar-refractivity contribution in [1.82, 2.24) is 0 Å². The topological polar surface area (TPSA) is 44.0 Å². The van der Waals surface area contributed by atoms with E-state index < -0.39 is 5.60 Å². The number of aliphatic hydroxyl groups is 1. The van der Waals surface area contributed by atoms with E-state index >= 15 is 0 Å². The van der Waals surface area contributed by atoms with E-state index in [9.17, 15) is 5.11 Å². The van der Waals surface area contributed by atoms with Crippen LogP contribution in [0.3, 0.4) is 0 Å². The standard InChI is InChI=1S/C16H13NO/c17-11-12-6-7-13-9-16(18,10-14(13)8-12)15-4-2-1-3-5-15/h1-8,18H,9-10H2. The van der Waals surface area contributed by atoms with E-state index in [-0.39, 0.29) is 0 Å². The predicted octanol–water partition coefficient (Wildman–Crippen LogP) is 2.54. The molecule has 0 saturated heterocycles. The van der Waals surface area contributed by atoms with Gasteiger partial charge in [-0.1, -0.05) is 36.4 Å². The third kappa shape index (κ3) is 1.70. The first-order chi connectivity index (χ1) is 8.71. The van der Waals surface area contributed by atoms with E-state index in [1.165, 1.54) is 0 Å². The average Bonchev–Trinajstić information content (AvgIpc) is 2.76. The summed E-state index contributed by atoms with van der Waals surface area (Å²) in [4.78, 5) is 0. The summed E-state index contributed by atoms with van der Waals surface area (Å²) in [5.41, 5.74) is 3.00. The van der Waals surface area contributed by atoms with Crippen molar-refractivity contribution in [2.24, 2.45) is 0 Å². The van der Waals surface area contributed by atoms with E-state index in [4.69, 9.17) is 5.26 Å². The number of hydrogen-bond acceptors (Lipinski definition) is 2. The lowest BCUT2D eigenvalue weighted by Gasteiger charge is -2.22. The van der Waals surface area contributed by atoms with Crippen molar-refractivity contribution in [2.45, 2.75) is 18.4 Å². The van der Waals surface area contributed by atoms with Gasteiger partial charge in [-0.2, -0.15) is 5.26 Å². The Morgan fingerprint density at radius 1 is 1.00 bits per heavy atom. The van der Waals surface area contributed by atoms with Gasteiger partial charge in [0.1, 0.15) is 0 Å². The second kappa shape index (κ2) is 3.97. The summed E-state index contributed by atoms with van der Waals surface area (Å²) in [6.07, 6.45) is 1.21. The normalized spacial score (nSPS) is 21.3. The molecule has 88 valence electrons. The molecule has 2 heteroatoms. The monoisotopic (exact) mass is 235 g/mol. The second-order valence-electron chi connectivity index (χ2n) is 4.85. The predicted molar refractivity (Wildman–Crippen MR) is 68.9 cm³/mol. The largest absolute Gasteiger partial charge is 0.384 e. The third-order valence-electron chi connectivity index (χ3n) is 3.61. The van der Waals surface area contributed by atoms with Gasteiger partial charge in [0.2, 0.25) is 0 Å². The van der Waals surface area contributed by atoms with Gasteiger partial charge in [0.25, 0.3) is 0 Å². The van der Waals surface area contributed by atoms with Crippen LogP contribution >= 0.6 is 0 Å². The fraction of sp³-hybridized carbons (Fsp3) is 0.188. The summed E-state index contributed by atoms with van der Waals surface area (Å²) in [6, 6.07) is 17.5. The van der Waals surface area contributed by atoms with Gasteiger partial charge in [-0.15, -0.1) is 0 Å². The summed E-state index contributed by atoms with van der Waals surface area (Å²) in [5, 5.41) is 19.7. The Balaban J connectivity index is 2.00. The zero-order valence-electron chi connectivity index (χ0n) is 9.93. The molecule has 0 aliphatic heterocycles. The highest BCUT2D eigenvalue weighted by Gasteiger charge is 2.36. The lowest BCUT2D eigenvalue weighted by Crippen LogP contribution is -2.25. The summed E-state index contributed by atoms with van der Waals surface area (Å²) >= 11 is 0. The van der Waals surface area contributed by atoms with Gasteiger partial charge in [0.15, 0.2) is 0 Å².